The maximum absolute atomic E-state index is 13.3. The predicted octanol–water partition coefficient (Wildman–Crippen LogP) is 1.12. The number of hydrogen-bond acceptors (Lipinski definition) is 6. The summed E-state index contributed by atoms with van der Waals surface area (Å²) in [6.45, 7) is 7.09. The van der Waals surface area contributed by atoms with Crippen LogP contribution in [0.4, 0.5) is 0 Å². The molecule has 0 unspecified atom stereocenters. The van der Waals surface area contributed by atoms with Gasteiger partial charge in [0.2, 0.25) is 5.91 Å². The van der Waals surface area contributed by atoms with Crippen molar-refractivity contribution in [2.45, 2.75) is 55.2 Å². The van der Waals surface area contributed by atoms with Crippen LogP contribution in [0.25, 0.3) is 0 Å². The van der Waals surface area contributed by atoms with E-state index >= 15 is 0 Å². The number of primary amides is 1. The van der Waals surface area contributed by atoms with E-state index < -0.39 is 31.0 Å². The smallest absolute Gasteiger partial charge is 0.220 e. The molecule has 0 spiro atoms. The highest BCUT2D eigenvalue weighted by molar-refractivity contribution is 7.96. The summed E-state index contributed by atoms with van der Waals surface area (Å²) in [5.74, 6) is -1.12. The Morgan fingerprint density at radius 1 is 1.07 bits per heavy atom. The molecule has 0 aromatic heterocycles. The van der Waals surface area contributed by atoms with Crippen molar-refractivity contribution in [3.05, 3.63) is 29.8 Å². The fraction of sp³-hybridized carbons (Fsp3) is 0.650. The van der Waals surface area contributed by atoms with Crippen LogP contribution in [0.1, 0.15) is 39.2 Å². The molecule has 162 valence electrons. The maximum Gasteiger partial charge on any atom is 0.220 e. The normalized spacial score (nSPS) is 26.4. The first-order valence-electron chi connectivity index (χ1n) is 9.89. The summed E-state index contributed by atoms with van der Waals surface area (Å²) in [6, 6.07) is 6.16. The number of nitrogens with two attached hydrogens (primary N) is 1. The molecule has 0 saturated carbocycles. The van der Waals surface area contributed by atoms with E-state index in [-0.39, 0.29) is 33.6 Å². The minimum Gasteiger partial charge on any atom is -0.369 e. The summed E-state index contributed by atoms with van der Waals surface area (Å²) in [4.78, 5) is 13.5. The molecule has 2 N–H and O–H groups in total. The van der Waals surface area contributed by atoms with Crippen LogP contribution < -0.4 is 5.73 Å². The fourth-order valence-corrected chi connectivity index (χ4v) is 9.10. The maximum atomic E-state index is 13.3. The highest BCUT2D eigenvalue weighted by atomic mass is 32.2. The van der Waals surface area contributed by atoms with Gasteiger partial charge in [-0.15, -0.1) is 0 Å². The number of nitrogens with zero attached hydrogens (tertiary/aromatic N) is 1. The van der Waals surface area contributed by atoms with Crippen LogP contribution in [0.3, 0.4) is 0 Å². The average molecular weight is 443 g/mol. The molecule has 2 aliphatic rings. The first-order chi connectivity index (χ1) is 13.3. The third-order valence-corrected chi connectivity index (χ3v) is 10.3. The number of likely N-dealkylation sites (tertiary alicyclic amines) is 1. The monoisotopic (exact) mass is 442 g/mol. The molecule has 29 heavy (non-hydrogen) atoms. The Morgan fingerprint density at radius 2 is 1.62 bits per heavy atom. The van der Waals surface area contributed by atoms with E-state index in [2.05, 4.69) is 0 Å². The van der Waals surface area contributed by atoms with Crippen LogP contribution in [-0.2, 0) is 29.9 Å². The van der Waals surface area contributed by atoms with Crippen molar-refractivity contribution in [1.29, 1.82) is 0 Å². The molecule has 2 atom stereocenters. The van der Waals surface area contributed by atoms with E-state index in [1.54, 1.807) is 24.3 Å². The van der Waals surface area contributed by atoms with Gasteiger partial charge in [0, 0.05) is 12.0 Å². The molecule has 1 amide bonds. The SMILES string of the molecule is CC(C)(C)c1ccc(S(=O)(=O)[C@@H]2CS(=O)(=O)C[C@@H]2N2CCC(C(N)=O)CC2)cc1. The van der Waals surface area contributed by atoms with Gasteiger partial charge in [-0.3, -0.25) is 9.69 Å². The highest BCUT2D eigenvalue weighted by Gasteiger charge is 2.48. The molecular formula is C20H30N2O5S2. The van der Waals surface area contributed by atoms with E-state index in [1.807, 2.05) is 25.7 Å². The van der Waals surface area contributed by atoms with Crippen LogP contribution in [-0.4, -0.2) is 63.5 Å². The van der Waals surface area contributed by atoms with Crippen molar-refractivity contribution < 1.29 is 21.6 Å². The van der Waals surface area contributed by atoms with Gasteiger partial charge in [-0.05, 0) is 49.0 Å². The van der Waals surface area contributed by atoms with Crippen LogP contribution in [0.15, 0.2) is 29.2 Å². The molecule has 9 heteroatoms. The second-order valence-electron chi connectivity index (χ2n) is 9.21. The van der Waals surface area contributed by atoms with E-state index in [4.69, 9.17) is 5.73 Å². The largest absolute Gasteiger partial charge is 0.369 e. The number of carbonyl (C=O) groups excluding carboxylic acids is 1. The zero-order valence-corrected chi connectivity index (χ0v) is 18.8. The Balaban J connectivity index is 1.87. The lowest BCUT2D eigenvalue weighted by atomic mass is 9.87. The van der Waals surface area contributed by atoms with Crippen molar-refractivity contribution in [3.8, 4) is 0 Å². The van der Waals surface area contributed by atoms with Crippen LogP contribution in [0.5, 0.6) is 0 Å². The lowest BCUT2D eigenvalue weighted by Crippen LogP contribution is -2.50. The summed E-state index contributed by atoms with van der Waals surface area (Å²) in [6.07, 6.45) is 1.05. The van der Waals surface area contributed by atoms with Gasteiger partial charge in [0.25, 0.3) is 0 Å². The van der Waals surface area contributed by atoms with Crippen molar-refractivity contribution in [2.75, 3.05) is 24.6 Å². The molecule has 3 rings (SSSR count). The summed E-state index contributed by atoms with van der Waals surface area (Å²) < 4.78 is 51.4. The zero-order valence-electron chi connectivity index (χ0n) is 17.2. The van der Waals surface area contributed by atoms with Crippen molar-refractivity contribution in [3.63, 3.8) is 0 Å². The van der Waals surface area contributed by atoms with Crippen LogP contribution in [0.2, 0.25) is 0 Å². The summed E-state index contributed by atoms with van der Waals surface area (Å²) in [5.41, 5.74) is 6.28. The van der Waals surface area contributed by atoms with Gasteiger partial charge >= 0.3 is 0 Å². The topological polar surface area (TPSA) is 115 Å². The predicted molar refractivity (Wildman–Crippen MR) is 112 cm³/mol. The van der Waals surface area contributed by atoms with Gasteiger partial charge in [0.1, 0.15) is 0 Å². The molecule has 0 aliphatic carbocycles. The Kier molecular flexibility index (Phi) is 5.88. The lowest BCUT2D eigenvalue weighted by Gasteiger charge is -2.36. The average Bonchev–Trinajstić information content (AvgIpc) is 2.97. The number of carbonyl (C=O) groups is 1. The molecule has 2 aliphatic heterocycles. The molecule has 2 fully saturated rings. The Morgan fingerprint density at radius 3 is 2.10 bits per heavy atom. The molecular weight excluding hydrogens is 412 g/mol. The van der Waals surface area contributed by atoms with E-state index in [0.717, 1.165) is 5.56 Å². The van der Waals surface area contributed by atoms with E-state index in [1.165, 1.54) is 0 Å². The number of piperidine rings is 1. The Labute approximate surface area is 173 Å². The molecule has 7 nitrogen and oxygen atoms in total. The van der Waals surface area contributed by atoms with Crippen LogP contribution >= 0.6 is 0 Å². The summed E-state index contributed by atoms with van der Waals surface area (Å²) in [7, 11) is -7.27. The lowest BCUT2D eigenvalue weighted by molar-refractivity contribution is -0.123. The fourth-order valence-electron chi connectivity index (χ4n) is 4.27. The molecule has 2 saturated heterocycles. The molecule has 0 radical (unpaired) electrons. The molecule has 0 bridgehead atoms. The van der Waals surface area contributed by atoms with Crippen molar-refractivity contribution >= 4 is 25.6 Å². The Bertz CT molecular complexity index is 971. The minimum absolute atomic E-state index is 0.105. The van der Waals surface area contributed by atoms with E-state index in [0.29, 0.717) is 25.9 Å². The summed E-state index contributed by atoms with van der Waals surface area (Å²) >= 11 is 0. The third-order valence-electron chi connectivity index (χ3n) is 6.12. The van der Waals surface area contributed by atoms with Crippen LogP contribution in [0, 0.1) is 5.92 Å². The number of sulfone groups is 2. The number of benzene rings is 1. The third kappa shape index (κ3) is 4.67. The van der Waals surface area contributed by atoms with E-state index in [9.17, 15) is 21.6 Å². The van der Waals surface area contributed by atoms with Crippen molar-refractivity contribution in [2.24, 2.45) is 11.7 Å². The van der Waals surface area contributed by atoms with Gasteiger partial charge in [-0.2, -0.15) is 0 Å². The first-order valence-corrected chi connectivity index (χ1v) is 13.3. The van der Waals surface area contributed by atoms with Gasteiger partial charge in [0.15, 0.2) is 19.7 Å². The number of amides is 1. The second kappa shape index (κ2) is 7.67. The second-order valence-corrected chi connectivity index (χ2v) is 13.5. The quantitative estimate of drug-likeness (QED) is 0.747. The summed E-state index contributed by atoms with van der Waals surface area (Å²) in [5, 5.41) is -1.00. The highest BCUT2D eigenvalue weighted by Crippen LogP contribution is 2.32. The molecule has 2 heterocycles. The number of hydrogen-bond donors (Lipinski definition) is 1. The Hall–Kier alpha value is -1.45. The van der Waals surface area contributed by atoms with Gasteiger partial charge < -0.3 is 5.73 Å². The molecule has 1 aromatic rings. The van der Waals surface area contributed by atoms with Gasteiger partial charge in [0.05, 0.1) is 21.7 Å². The molecule has 1 aromatic carbocycles. The minimum atomic E-state index is -3.81. The van der Waals surface area contributed by atoms with Gasteiger partial charge in [-0.1, -0.05) is 32.9 Å². The van der Waals surface area contributed by atoms with Crippen molar-refractivity contribution in [1.82, 2.24) is 4.90 Å². The van der Waals surface area contributed by atoms with Gasteiger partial charge in [-0.25, -0.2) is 16.8 Å². The first kappa shape index (κ1) is 22.2. The standard InChI is InChI=1S/C20H30N2O5S2/c1-20(2,3)15-4-6-16(7-5-15)29(26,27)18-13-28(24,25)12-17(18)22-10-8-14(9-11-22)19(21)23/h4-7,14,17-18H,8-13H2,1-3H3,(H2,21,23)/t17-,18+/m0/s1. The zero-order chi connectivity index (χ0) is 21.6. The number of rotatable bonds is 4.